The normalized spacial score (nSPS) is 14.6. The summed E-state index contributed by atoms with van der Waals surface area (Å²) in [6.07, 6.45) is 2.51. The molecule has 1 fully saturated rings. The summed E-state index contributed by atoms with van der Waals surface area (Å²) in [5, 5.41) is 6.70. The van der Waals surface area contributed by atoms with Crippen LogP contribution in [0.25, 0.3) is 0 Å². The Bertz CT molecular complexity index is 416. The van der Waals surface area contributed by atoms with Crippen LogP contribution < -0.4 is 10.6 Å². The molecule has 2 N–H and O–H groups in total. The van der Waals surface area contributed by atoms with Gasteiger partial charge in [0.2, 0.25) is 0 Å². The second-order valence-electron chi connectivity index (χ2n) is 4.80. The first-order valence-electron chi connectivity index (χ1n) is 6.94. The average Bonchev–Trinajstić information content (AvgIpc) is 3.26. The van der Waals surface area contributed by atoms with Crippen molar-refractivity contribution in [1.29, 1.82) is 0 Å². The number of aliphatic imine (C=N–C) groups is 1. The summed E-state index contributed by atoms with van der Waals surface area (Å²) in [5.41, 5.74) is 2.46. The van der Waals surface area contributed by atoms with Gasteiger partial charge in [-0.3, -0.25) is 4.99 Å². The number of hydrogen-bond donors (Lipinski definition) is 2. The highest BCUT2D eigenvalue weighted by Gasteiger charge is 2.21. The highest BCUT2D eigenvalue weighted by atomic mass is 127. The van der Waals surface area contributed by atoms with Crippen LogP contribution in [0.3, 0.4) is 0 Å². The van der Waals surface area contributed by atoms with Crippen molar-refractivity contribution >= 4 is 29.9 Å². The number of nitrogens with one attached hydrogen (secondary N) is 2. The fraction of sp³-hybridized carbons (Fsp3) is 0.533. The maximum absolute atomic E-state index is 5.38. The monoisotopic (exact) mass is 389 g/mol. The SMILES string of the molecule is CCOCc1ccc(CNC(=NC)NC2CC2)cc1.I. The van der Waals surface area contributed by atoms with Crippen LogP contribution in [0.4, 0.5) is 0 Å². The van der Waals surface area contributed by atoms with Gasteiger partial charge in [-0.25, -0.2) is 0 Å². The molecule has 0 aliphatic heterocycles. The second kappa shape index (κ2) is 9.18. The van der Waals surface area contributed by atoms with Crippen molar-refractivity contribution in [3.63, 3.8) is 0 Å². The molecule has 1 aromatic carbocycles. The van der Waals surface area contributed by atoms with E-state index in [4.69, 9.17) is 4.74 Å². The second-order valence-corrected chi connectivity index (χ2v) is 4.80. The molecule has 4 nitrogen and oxygen atoms in total. The highest BCUT2D eigenvalue weighted by molar-refractivity contribution is 14.0. The summed E-state index contributed by atoms with van der Waals surface area (Å²) in [4.78, 5) is 4.22. The van der Waals surface area contributed by atoms with Crippen LogP contribution in [0, 0.1) is 0 Å². The molecule has 5 heteroatoms. The first kappa shape index (κ1) is 17.2. The summed E-state index contributed by atoms with van der Waals surface area (Å²) in [6, 6.07) is 9.12. The number of hydrogen-bond acceptors (Lipinski definition) is 2. The van der Waals surface area contributed by atoms with E-state index in [0.29, 0.717) is 12.6 Å². The number of guanidine groups is 1. The van der Waals surface area contributed by atoms with E-state index >= 15 is 0 Å². The molecule has 1 saturated carbocycles. The van der Waals surface area contributed by atoms with Gasteiger partial charge in [-0.05, 0) is 30.9 Å². The topological polar surface area (TPSA) is 45.6 Å². The molecule has 0 bridgehead atoms. The van der Waals surface area contributed by atoms with Gasteiger partial charge >= 0.3 is 0 Å². The van der Waals surface area contributed by atoms with E-state index < -0.39 is 0 Å². The Morgan fingerprint density at radius 3 is 2.45 bits per heavy atom. The lowest BCUT2D eigenvalue weighted by Gasteiger charge is -2.11. The van der Waals surface area contributed by atoms with E-state index in [9.17, 15) is 0 Å². The lowest BCUT2D eigenvalue weighted by Crippen LogP contribution is -2.38. The van der Waals surface area contributed by atoms with E-state index in [1.807, 2.05) is 14.0 Å². The van der Waals surface area contributed by atoms with Crippen LogP contribution in [-0.2, 0) is 17.9 Å². The van der Waals surface area contributed by atoms with Crippen molar-refractivity contribution in [3.8, 4) is 0 Å². The number of nitrogens with zero attached hydrogens (tertiary/aromatic N) is 1. The van der Waals surface area contributed by atoms with Gasteiger partial charge < -0.3 is 15.4 Å². The lowest BCUT2D eigenvalue weighted by molar-refractivity contribution is 0.134. The molecule has 0 atom stereocenters. The zero-order valence-electron chi connectivity index (χ0n) is 12.2. The predicted molar refractivity (Wildman–Crippen MR) is 93.5 cm³/mol. The average molecular weight is 389 g/mol. The Morgan fingerprint density at radius 2 is 1.90 bits per heavy atom. The molecule has 20 heavy (non-hydrogen) atoms. The van der Waals surface area contributed by atoms with Crippen LogP contribution in [-0.4, -0.2) is 25.7 Å². The Labute approximate surface area is 138 Å². The molecule has 1 aliphatic rings. The summed E-state index contributed by atoms with van der Waals surface area (Å²) in [6.45, 7) is 4.25. The zero-order chi connectivity index (χ0) is 13.5. The smallest absolute Gasteiger partial charge is 0.191 e. The van der Waals surface area contributed by atoms with E-state index in [0.717, 1.165) is 19.1 Å². The van der Waals surface area contributed by atoms with Gasteiger partial charge in [0, 0.05) is 26.2 Å². The van der Waals surface area contributed by atoms with E-state index in [1.165, 1.54) is 24.0 Å². The molecule has 0 heterocycles. The van der Waals surface area contributed by atoms with Crippen molar-refractivity contribution in [2.45, 2.75) is 39.0 Å². The third kappa shape index (κ3) is 6.09. The van der Waals surface area contributed by atoms with Gasteiger partial charge in [0.05, 0.1) is 6.61 Å². The molecule has 112 valence electrons. The van der Waals surface area contributed by atoms with Crippen LogP contribution in [0.1, 0.15) is 30.9 Å². The number of halogens is 1. The summed E-state index contributed by atoms with van der Waals surface area (Å²) < 4.78 is 5.38. The Balaban J connectivity index is 0.00000200. The standard InChI is InChI=1S/C15H23N3O.HI/c1-3-19-11-13-6-4-12(5-7-13)10-17-15(16-2)18-14-8-9-14;/h4-7,14H,3,8-11H2,1-2H3,(H2,16,17,18);1H. The first-order valence-corrected chi connectivity index (χ1v) is 6.94. The fourth-order valence-corrected chi connectivity index (χ4v) is 1.77. The number of benzene rings is 1. The molecular formula is C15H24IN3O. The van der Waals surface area contributed by atoms with Gasteiger partial charge in [0.25, 0.3) is 0 Å². The Hall–Kier alpha value is -0.820. The van der Waals surface area contributed by atoms with Crippen LogP contribution in [0.15, 0.2) is 29.3 Å². The Kier molecular flexibility index (Phi) is 7.91. The minimum Gasteiger partial charge on any atom is -0.377 e. The predicted octanol–water partition coefficient (Wildman–Crippen LogP) is 2.67. The van der Waals surface area contributed by atoms with E-state index in [2.05, 4.69) is 39.9 Å². The van der Waals surface area contributed by atoms with Gasteiger partial charge in [-0.1, -0.05) is 24.3 Å². The maximum Gasteiger partial charge on any atom is 0.191 e. The fourth-order valence-electron chi connectivity index (χ4n) is 1.77. The molecule has 0 saturated heterocycles. The molecule has 1 aliphatic carbocycles. The van der Waals surface area contributed by atoms with Gasteiger partial charge in [-0.15, -0.1) is 24.0 Å². The lowest BCUT2D eigenvalue weighted by atomic mass is 10.1. The van der Waals surface area contributed by atoms with Gasteiger partial charge in [0.15, 0.2) is 5.96 Å². The van der Waals surface area contributed by atoms with Crippen molar-refractivity contribution in [1.82, 2.24) is 10.6 Å². The van der Waals surface area contributed by atoms with E-state index in [-0.39, 0.29) is 24.0 Å². The quantitative estimate of drug-likeness (QED) is 0.447. The number of rotatable bonds is 6. The van der Waals surface area contributed by atoms with Crippen LogP contribution in [0.2, 0.25) is 0 Å². The Morgan fingerprint density at radius 1 is 1.25 bits per heavy atom. The molecule has 2 rings (SSSR count). The molecule has 0 spiro atoms. The molecule has 0 unspecified atom stereocenters. The van der Waals surface area contributed by atoms with Crippen molar-refractivity contribution in [2.24, 2.45) is 4.99 Å². The zero-order valence-corrected chi connectivity index (χ0v) is 14.5. The minimum atomic E-state index is 0. The maximum atomic E-state index is 5.38. The largest absolute Gasteiger partial charge is 0.377 e. The van der Waals surface area contributed by atoms with Gasteiger partial charge in [0.1, 0.15) is 0 Å². The van der Waals surface area contributed by atoms with Crippen molar-refractivity contribution < 1.29 is 4.74 Å². The molecule has 0 aromatic heterocycles. The molecule has 0 radical (unpaired) electrons. The molecule has 0 amide bonds. The van der Waals surface area contributed by atoms with Crippen LogP contribution in [0.5, 0.6) is 0 Å². The summed E-state index contributed by atoms with van der Waals surface area (Å²) in [7, 11) is 1.81. The first-order chi connectivity index (χ1) is 9.31. The minimum absolute atomic E-state index is 0. The highest BCUT2D eigenvalue weighted by Crippen LogP contribution is 2.18. The third-order valence-electron chi connectivity index (χ3n) is 3.10. The molecule has 1 aromatic rings. The van der Waals surface area contributed by atoms with E-state index in [1.54, 1.807) is 0 Å². The van der Waals surface area contributed by atoms with Crippen molar-refractivity contribution in [3.05, 3.63) is 35.4 Å². The number of ether oxygens (including phenoxy) is 1. The van der Waals surface area contributed by atoms with Crippen molar-refractivity contribution in [2.75, 3.05) is 13.7 Å². The third-order valence-corrected chi connectivity index (χ3v) is 3.10. The summed E-state index contributed by atoms with van der Waals surface area (Å²) >= 11 is 0. The summed E-state index contributed by atoms with van der Waals surface area (Å²) in [5.74, 6) is 0.890. The molecular weight excluding hydrogens is 365 g/mol. The van der Waals surface area contributed by atoms with Crippen LogP contribution >= 0.6 is 24.0 Å². The van der Waals surface area contributed by atoms with Gasteiger partial charge in [-0.2, -0.15) is 0 Å².